The van der Waals surface area contributed by atoms with Crippen molar-refractivity contribution in [3.05, 3.63) is 71.0 Å². The average molecular weight is 509 g/mol. The summed E-state index contributed by atoms with van der Waals surface area (Å²) in [6.07, 6.45) is 3.80. The molecule has 3 aromatic rings. The van der Waals surface area contributed by atoms with E-state index in [2.05, 4.69) is 10.2 Å². The highest BCUT2D eigenvalue weighted by Crippen LogP contribution is 2.37. The van der Waals surface area contributed by atoms with E-state index in [9.17, 15) is 4.79 Å². The zero-order valence-corrected chi connectivity index (χ0v) is 21.7. The van der Waals surface area contributed by atoms with E-state index < -0.39 is 18.3 Å². The number of carbonyl (C=O) groups is 1. The fraction of sp³-hybridized carbons (Fsp3) is 0.423. The maximum Gasteiger partial charge on any atom is 0.496 e. The number of amides is 1. The van der Waals surface area contributed by atoms with Crippen molar-refractivity contribution in [2.75, 3.05) is 19.8 Å². The predicted octanol–water partition coefficient (Wildman–Crippen LogP) is 3.30. The Morgan fingerprint density at radius 2 is 1.78 bits per heavy atom. The Kier molecular flexibility index (Phi) is 6.68. The number of rotatable bonds is 5. The van der Waals surface area contributed by atoms with Gasteiger partial charge in [0.05, 0.1) is 54.1 Å². The van der Waals surface area contributed by atoms with E-state index in [1.807, 2.05) is 75.1 Å². The van der Waals surface area contributed by atoms with Gasteiger partial charge in [0.2, 0.25) is 0 Å². The van der Waals surface area contributed by atoms with Gasteiger partial charge in [0, 0.05) is 17.0 Å². The van der Waals surface area contributed by atoms with Gasteiger partial charge in [0.1, 0.15) is 0 Å². The van der Waals surface area contributed by atoms with Crippen molar-refractivity contribution in [1.29, 1.82) is 0 Å². The molecule has 2 fully saturated rings. The number of carbonyl (C=O) groups excluding carboxylic acids is 1. The molecule has 36 heavy (non-hydrogen) atoms. The molecule has 2 saturated heterocycles. The van der Waals surface area contributed by atoms with E-state index in [1.54, 1.807) is 12.4 Å². The van der Waals surface area contributed by atoms with Gasteiger partial charge < -0.3 is 18.9 Å². The van der Waals surface area contributed by atoms with E-state index in [-0.39, 0.29) is 11.9 Å². The molecule has 0 saturated carbocycles. The minimum atomic E-state index is -0.559. The van der Waals surface area contributed by atoms with Crippen molar-refractivity contribution in [1.82, 2.24) is 19.9 Å². The fourth-order valence-electron chi connectivity index (χ4n) is 4.56. The normalized spacial score (nSPS) is 21.1. The molecule has 10 heteroatoms. The maximum atomic E-state index is 13.7. The lowest BCUT2D eigenvalue weighted by Gasteiger charge is -2.36. The summed E-state index contributed by atoms with van der Waals surface area (Å²) < 4.78 is 18.2. The van der Waals surface area contributed by atoms with E-state index in [1.165, 1.54) is 4.80 Å². The number of para-hydroxylation sites is 1. The predicted molar refractivity (Wildman–Crippen MR) is 138 cm³/mol. The third kappa shape index (κ3) is 4.68. The maximum absolute atomic E-state index is 13.7. The third-order valence-electron chi connectivity index (χ3n) is 7.30. The smallest absolute Gasteiger partial charge is 0.399 e. The fourth-order valence-corrected chi connectivity index (χ4v) is 4.76. The van der Waals surface area contributed by atoms with E-state index in [0.29, 0.717) is 42.5 Å². The van der Waals surface area contributed by atoms with Gasteiger partial charge in [-0.05, 0) is 57.9 Å². The van der Waals surface area contributed by atoms with Crippen LogP contribution in [0.15, 0.2) is 54.9 Å². The molecule has 2 aromatic carbocycles. The molecular formula is C26H30BClN4O4. The Hall–Kier alpha value is -2.72. The van der Waals surface area contributed by atoms with Crippen LogP contribution in [-0.4, -0.2) is 69.9 Å². The van der Waals surface area contributed by atoms with Gasteiger partial charge in [-0.25, -0.2) is 0 Å². The molecule has 5 rings (SSSR count). The Balaban J connectivity index is 1.39. The molecule has 3 heterocycles. The summed E-state index contributed by atoms with van der Waals surface area (Å²) in [6.45, 7) is 9.51. The average Bonchev–Trinajstić information content (AvgIpc) is 3.46. The van der Waals surface area contributed by atoms with Gasteiger partial charge in [-0.3, -0.25) is 4.79 Å². The van der Waals surface area contributed by atoms with Crippen LogP contribution < -0.4 is 5.46 Å². The van der Waals surface area contributed by atoms with Crippen LogP contribution in [0.2, 0.25) is 5.02 Å². The van der Waals surface area contributed by atoms with Gasteiger partial charge >= 0.3 is 7.12 Å². The van der Waals surface area contributed by atoms with Gasteiger partial charge in [0.15, 0.2) is 0 Å². The highest BCUT2D eigenvalue weighted by molar-refractivity contribution is 6.65. The number of benzene rings is 2. The van der Waals surface area contributed by atoms with Crippen LogP contribution in [0.25, 0.3) is 5.69 Å². The van der Waals surface area contributed by atoms with Crippen LogP contribution in [0.1, 0.15) is 43.6 Å². The minimum Gasteiger partial charge on any atom is -0.399 e. The monoisotopic (exact) mass is 508 g/mol. The van der Waals surface area contributed by atoms with Crippen molar-refractivity contribution in [3.63, 3.8) is 0 Å². The first-order chi connectivity index (χ1) is 17.2. The number of ether oxygens (including phenoxy) is 1. The van der Waals surface area contributed by atoms with Gasteiger partial charge in [-0.15, -0.1) is 0 Å². The third-order valence-corrected chi connectivity index (χ3v) is 7.64. The molecule has 0 radical (unpaired) electrons. The molecule has 8 nitrogen and oxygen atoms in total. The number of halogens is 1. The molecule has 1 aromatic heterocycles. The van der Waals surface area contributed by atoms with Crippen molar-refractivity contribution in [3.8, 4) is 5.69 Å². The highest BCUT2D eigenvalue weighted by atomic mass is 35.5. The molecule has 1 amide bonds. The van der Waals surface area contributed by atoms with Crippen molar-refractivity contribution >= 4 is 30.1 Å². The molecule has 0 aliphatic carbocycles. The second-order valence-corrected chi connectivity index (χ2v) is 10.6. The number of nitrogens with zero attached hydrogens (tertiary/aromatic N) is 4. The summed E-state index contributed by atoms with van der Waals surface area (Å²) in [5, 5.41) is 9.01. The van der Waals surface area contributed by atoms with Crippen LogP contribution >= 0.6 is 11.6 Å². The lowest BCUT2D eigenvalue weighted by molar-refractivity contribution is -0.00164. The summed E-state index contributed by atoms with van der Waals surface area (Å²) >= 11 is 6.57. The van der Waals surface area contributed by atoms with Crippen LogP contribution in [0.5, 0.6) is 0 Å². The molecule has 0 bridgehead atoms. The second kappa shape index (κ2) is 9.63. The Labute approximate surface area is 216 Å². The first kappa shape index (κ1) is 25.0. The SMILES string of the molecule is CC1(C)OB(c2cc(CC3COCCN3C(=O)c3ccccc3-n3nccn3)ccc2Cl)OC1(C)C. The Morgan fingerprint density at radius 3 is 2.50 bits per heavy atom. The van der Waals surface area contributed by atoms with Gasteiger partial charge in [-0.2, -0.15) is 15.0 Å². The number of morpholine rings is 1. The van der Waals surface area contributed by atoms with Crippen molar-refractivity contribution in [2.45, 2.75) is 51.4 Å². The summed E-state index contributed by atoms with van der Waals surface area (Å²) in [5.74, 6) is -0.0728. The first-order valence-corrected chi connectivity index (χ1v) is 12.5. The molecule has 1 atom stereocenters. The Bertz CT molecular complexity index is 1230. The van der Waals surface area contributed by atoms with Gasteiger partial charge in [0.25, 0.3) is 5.91 Å². The molecule has 188 valence electrons. The number of hydrogen-bond acceptors (Lipinski definition) is 6. The standard InChI is InChI=1S/C26H30BClN4O4/c1-25(2)26(3,4)36-27(35-25)21-16-18(9-10-22(21)28)15-19-17-34-14-13-31(19)24(33)20-7-5-6-8-23(20)32-29-11-12-30-32/h5-12,16,19H,13-15,17H2,1-4H3. The van der Waals surface area contributed by atoms with Crippen molar-refractivity contribution < 1.29 is 18.8 Å². The molecule has 2 aliphatic rings. The summed E-state index contributed by atoms with van der Waals surface area (Å²) in [6, 6.07) is 13.1. The van der Waals surface area contributed by atoms with Crippen LogP contribution in [0.4, 0.5) is 0 Å². The minimum absolute atomic E-state index is 0.0728. The van der Waals surface area contributed by atoms with Crippen LogP contribution in [0.3, 0.4) is 0 Å². The topological polar surface area (TPSA) is 78.7 Å². The molecule has 0 N–H and O–H groups in total. The molecular weight excluding hydrogens is 479 g/mol. The van der Waals surface area contributed by atoms with E-state index in [0.717, 1.165) is 11.0 Å². The molecule has 0 spiro atoms. The largest absolute Gasteiger partial charge is 0.496 e. The lowest BCUT2D eigenvalue weighted by Crippen LogP contribution is -2.50. The first-order valence-electron chi connectivity index (χ1n) is 12.1. The summed E-state index contributed by atoms with van der Waals surface area (Å²) in [7, 11) is -0.559. The summed E-state index contributed by atoms with van der Waals surface area (Å²) in [4.78, 5) is 17.1. The van der Waals surface area contributed by atoms with Gasteiger partial charge in [-0.1, -0.05) is 35.9 Å². The Morgan fingerprint density at radius 1 is 1.08 bits per heavy atom. The zero-order chi connectivity index (χ0) is 25.5. The van der Waals surface area contributed by atoms with Crippen molar-refractivity contribution in [2.24, 2.45) is 0 Å². The molecule has 1 unspecified atom stereocenters. The van der Waals surface area contributed by atoms with Crippen LogP contribution in [0, 0.1) is 0 Å². The molecule has 2 aliphatic heterocycles. The quantitative estimate of drug-likeness (QED) is 0.492. The number of hydrogen-bond donors (Lipinski definition) is 0. The number of aromatic nitrogens is 3. The lowest BCUT2D eigenvalue weighted by atomic mass is 9.78. The second-order valence-electron chi connectivity index (χ2n) is 10.2. The van der Waals surface area contributed by atoms with E-state index in [4.69, 9.17) is 25.6 Å². The van der Waals surface area contributed by atoms with E-state index >= 15 is 0 Å². The van der Waals surface area contributed by atoms with Crippen LogP contribution in [-0.2, 0) is 20.5 Å². The summed E-state index contributed by atoms with van der Waals surface area (Å²) in [5.41, 5.74) is 2.08. The highest BCUT2D eigenvalue weighted by Gasteiger charge is 2.52. The zero-order valence-electron chi connectivity index (χ0n) is 21.0.